The Morgan fingerprint density at radius 1 is 1.15 bits per heavy atom. The van der Waals surface area contributed by atoms with Gasteiger partial charge in [0, 0.05) is 11.1 Å². The fourth-order valence-electron chi connectivity index (χ4n) is 1.58. The zero-order valence-electron chi connectivity index (χ0n) is 10.5. The molecule has 0 saturated carbocycles. The first kappa shape index (κ1) is 14.5. The Bertz CT molecular complexity index is 714. The molecule has 20 heavy (non-hydrogen) atoms. The average Bonchev–Trinajstić information content (AvgIpc) is 2.39. The first-order valence-electron chi connectivity index (χ1n) is 5.58. The smallest absolute Gasteiger partial charge is 0.261 e. The lowest BCUT2D eigenvalue weighted by atomic mass is 10.3. The van der Waals surface area contributed by atoms with Gasteiger partial charge < -0.3 is 9.84 Å². The van der Waals surface area contributed by atoms with Crippen LogP contribution in [0, 0.1) is 0 Å². The van der Waals surface area contributed by atoms with Gasteiger partial charge in [-0.15, -0.1) is 0 Å². The van der Waals surface area contributed by atoms with Gasteiger partial charge >= 0.3 is 0 Å². The summed E-state index contributed by atoms with van der Waals surface area (Å²) >= 11 is 5.71. The molecule has 0 unspecified atom stereocenters. The van der Waals surface area contributed by atoms with Crippen molar-refractivity contribution in [3.8, 4) is 11.5 Å². The van der Waals surface area contributed by atoms with Crippen LogP contribution in [-0.4, -0.2) is 20.6 Å². The van der Waals surface area contributed by atoms with Crippen molar-refractivity contribution in [3.05, 3.63) is 47.5 Å². The number of sulfonamides is 1. The molecule has 0 aromatic heterocycles. The summed E-state index contributed by atoms with van der Waals surface area (Å²) in [5, 5.41) is 10.1. The maximum atomic E-state index is 12.1. The highest BCUT2D eigenvalue weighted by atomic mass is 35.5. The molecule has 0 amide bonds. The highest BCUT2D eigenvalue weighted by Gasteiger charge is 2.14. The molecule has 5 nitrogen and oxygen atoms in total. The number of hydrogen-bond acceptors (Lipinski definition) is 4. The normalized spacial score (nSPS) is 11.1. The Hall–Kier alpha value is -1.92. The fourth-order valence-corrected chi connectivity index (χ4v) is 2.76. The quantitative estimate of drug-likeness (QED) is 0.910. The van der Waals surface area contributed by atoms with E-state index in [1.54, 1.807) is 0 Å². The summed E-state index contributed by atoms with van der Waals surface area (Å²) in [4.78, 5) is 0.0807. The monoisotopic (exact) mass is 313 g/mol. The standard InChI is InChI=1S/C13H12ClNO4S/c1-19-13-7-4-10(8-12(13)16)15-20(17,18)11-5-2-9(14)3-6-11/h2-8,15-16H,1H3. The molecule has 0 aliphatic heterocycles. The number of rotatable bonds is 4. The van der Waals surface area contributed by atoms with Crippen molar-refractivity contribution in [1.29, 1.82) is 0 Å². The summed E-state index contributed by atoms with van der Waals surface area (Å²) < 4.78 is 31.5. The molecule has 2 aromatic carbocycles. The van der Waals surface area contributed by atoms with Gasteiger partial charge in [0.05, 0.1) is 17.7 Å². The van der Waals surface area contributed by atoms with Crippen molar-refractivity contribution >= 4 is 27.3 Å². The van der Waals surface area contributed by atoms with Gasteiger partial charge in [0.1, 0.15) is 0 Å². The lowest BCUT2D eigenvalue weighted by Gasteiger charge is -2.10. The number of aromatic hydroxyl groups is 1. The van der Waals surface area contributed by atoms with Gasteiger partial charge in [0.15, 0.2) is 11.5 Å². The summed E-state index contributed by atoms with van der Waals surface area (Å²) in [6.45, 7) is 0. The molecule has 7 heteroatoms. The fraction of sp³-hybridized carbons (Fsp3) is 0.0769. The maximum Gasteiger partial charge on any atom is 0.261 e. The Morgan fingerprint density at radius 3 is 2.35 bits per heavy atom. The number of phenols is 1. The Morgan fingerprint density at radius 2 is 1.80 bits per heavy atom. The highest BCUT2D eigenvalue weighted by Crippen LogP contribution is 2.29. The van der Waals surface area contributed by atoms with Gasteiger partial charge in [0.25, 0.3) is 10.0 Å². The summed E-state index contributed by atoms with van der Waals surface area (Å²) in [5.41, 5.74) is 0.234. The van der Waals surface area contributed by atoms with Crippen molar-refractivity contribution in [2.24, 2.45) is 0 Å². The minimum atomic E-state index is -3.73. The number of ether oxygens (including phenoxy) is 1. The van der Waals surface area contributed by atoms with E-state index in [2.05, 4.69) is 4.72 Å². The van der Waals surface area contributed by atoms with Crippen LogP contribution in [0.5, 0.6) is 11.5 Å². The molecule has 0 heterocycles. The number of hydrogen-bond donors (Lipinski definition) is 2. The topological polar surface area (TPSA) is 75.6 Å². The lowest BCUT2D eigenvalue weighted by Crippen LogP contribution is -2.12. The summed E-state index contributed by atoms with van der Waals surface area (Å²) in [6, 6.07) is 10.00. The van der Waals surface area contributed by atoms with Crippen LogP contribution in [0.2, 0.25) is 5.02 Å². The second-order valence-corrected chi connectivity index (χ2v) is 6.06. The predicted molar refractivity (Wildman–Crippen MR) is 76.9 cm³/mol. The molecule has 2 rings (SSSR count). The Labute approximate surface area is 121 Å². The van der Waals surface area contributed by atoms with E-state index < -0.39 is 10.0 Å². The summed E-state index contributed by atoms with van der Waals surface area (Å²) in [7, 11) is -2.32. The number of benzene rings is 2. The van der Waals surface area contributed by atoms with E-state index in [1.165, 1.54) is 49.6 Å². The van der Waals surface area contributed by atoms with Crippen LogP contribution in [0.3, 0.4) is 0 Å². The van der Waals surface area contributed by atoms with Gasteiger partial charge in [-0.3, -0.25) is 4.72 Å². The van der Waals surface area contributed by atoms with Crippen LogP contribution in [0.1, 0.15) is 0 Å². The minimum absolute atomic E-state index is 0.0807. The van der Waals surface area contributed by atoms with E-state index in [1.807, 2.05) is 0 Å². The number of nitrogens with one attached hydrogen (secondary N) is 1. The maximum absolute atomic E-state index is 12.1. The minimum Gasteiger partial charge on any atom is -0.504 e. The molecule has 0 aliphatic carbocycles. The molecule has 0 bridgehead atoms. The van der Waals surface area contributed by atoms with E-state index >= 15 is 0 Å². The van der Waals surface area contributed by atoms with Crippen molar-refractivity contribution in [2.45, 2.75) is 4.90 Å². The Balaban J connectivity index is 2.28. The van der Waals surface area contributed by atoms with Crippen LogP contribution >= 0.6 is 11.6 Å². The number of halogens is 1. The second-order valence-electron chi connectivity index (χ2n) is 3.95. The van der Waals surface area contributed by atoms with Gasteiger partial charge in [-0.2, -0.15) is 0 Å². The van der Waals surface area contributed by atoms with Crippen LogP contribution in [0.4, 0.5) is 5.69 Å². The SMILES string of the molecule is COc1ccc(NS(=O)(=O)c2ccc(Cl)cc2)cc1O. The van der Waals surface area contributed by atoms with Crippen molar-refractivity contribution < 1.29 is 18.3 Å². The third-order valence-corrected chi connectivity index (χ3v) is 4.20. The summed E-state index contributed by atoms with van der Waals surface area (Å²) in [6.07, 6.45) is 0. The van der Waals surface area contributed by atoms with E-state index in [-0.39, 0.29) is 22.1 Å². The number of anilines is 1. The van der Waals surface area contributed by atoms with Crippen LogP contribution in [-0.2, 0) is 10.0 Å². The first-order chi connectivity index (χ1) is 9.42. The zero-order chi connectivity index (χ0) is 14.8. The highest BCUT2D eigenvalue weighted by molar-refractivity contribution is 7.92. The van der Waals surface area contributed by atoms with E-state index in [0.717, 1.165) is 0 Å². The molecule has 0 spiro atoms. The van der Waals surface area contributed by atoms with E-state index in [4.69, 9.17) is 16.3 Å². The van der Waals surface area contributed by atoms with Crippen LogP contribution in [0.25, 0.3) is 0 Å². The molecule has 0 aliphatic rings. The number of methoxy groups -OCH3 is 1. The average molecular weight is 314 g/mol. The van der Waals surface area contributed by atoms with E-state index in [9.17, 15) is 13.5 Å². The van der Waals surface area contributed by atoms with Gasteiger partial charge in [-0.1, -0.05) is 11.6 Å². The third-order valence-electron chi connectivity index (χ3n) is 2.56. The van der Waals surface area contributed by atoms with Crippen LogP contribution in [0.15, 0.2) is 47.4 Å². The molecular weight excluding hydrogens is 302 g/mol. The lowest BCUT2D eigenvalue weighted by molar-refractivity contribution is 0.373. The zero-order valence-corrected chi connectivity index (χ0v) is 12.1. The van der Waals surface area contributed by atoms with Gasteiger partial charge in [0.2, 0.25) is 0 Å². The molecule has 2 N–H and O–H groups in total. The molecule has 0 saturated heterocycles. The van der Waals surface area contributed by atoms with Gasteiger partial charge in [-0.05, 0) is 36.4 Å². The van der Waals surface area contributed by atoms with Crippen molar-refractivity contribution in [1.82, 2.24) is 0 Å². The second kappa shape index (κ2) is 5.60. The van der Waals surface area contributed by atoms with Crippen molar-refractivity contribution in [2.75, 3.05) is 11.8 Å². The molecule has 106 valence electrons. The van der Waals surface area contributed by atoms with Gasteiger partial charge in [-0.25, -0.2) is 8.42 Å². The van der Waals surface area contributed by atoms with Crippen molar-refractivity contribution in [3.63, 3.8) is 0 Å². The molecule has 0 radical (unpaired) electrons. The predicted octanol–water partition coefficient (Wildman–Crippen LogP) is 2.86. The van der Waals surface area contributed by atoms with E-state index in [0.29, 0.717) is 5.02 Å². The largest absolute Gasteiger partial charge is 0.504 e. The third kappa shape index (κ3) is 3.15. The Kier molecular flexibility index (Phi) is 4.06. The molecular formula is C13H12ClNO4S. The number of phenolic OH excluding ortho intramolecular Hbond substituents is 1. The van der Waals surface area contributed by atoms with Crippen LogP contribution < -0.4 is 9.46 Å². The molecule has 2 aromatic rings. The first-order valence-corrected chi connectivity index (χ1v) is 7.44. The summed E-state index contributed by atoms with van der Waals surface area (Å²) in [5.74, 6) is 0.114. The molecule has 0 fully saturated rings. The molecule has 0 atom stereocenters.